The quantitative estimate of drug-likeness (QED) is 0.434. The molecular weight excluding hydrogens is 511 g/mol. The molecule has 1 heterocycles. The first-order valence-corrected chi connectivity index (χ1v) is 11.6. The van der Waals surface area contributed by atoms with Crippen LogP contribution in [0.15, 0.2) is 60.7 Å². The second-order valence-electron chi connectivity index (χ2n) is 8.91. The number of carboxylic acids is 1. The van der Waals surface area contributed by atoms with Crippen LogP contribution in [0.25, 0.3) is 11.1 Å². The third-order valence-corrected chi connectivity index (χ3v) is 6.98. The van der Waals surface area contributed by atoms with Gasteiger partial charge in [0.1, 0.15) is 5.75 Å². The van der Waals surface area contributed by atoms with Gasteiger partial charge in [0.2, 0.25) is 0 Å². The van der Waals surface area contributed by atoms with Crippen LogP contribution in [0.3, 0.4) is 0 Å². The monoisotopic (exact) mass is 533 g/mol. The summed E-state index contributed by atoms with van der Waals surface area (Å²) in [6.07, 6.45) is -5.22. The number of halogens is 4. The zero-order valence-corrected chi connectivity index (χ0v) is 20.6. The van der Waals surface area contributed by atoms with E-state index < -0.39 is 35.1 Å². The number of likely N-dealkylation sites (N-methyl/N-ethyl adjacent to an activating group) is 1. The second-order valence-corrected chi connectivity index (χ2v) is 9.32. The highest BCUT2D eigenvalue weighted by Crippen LogP contribution is 2.51. The summed E-state index contributed by atoms with van der Waals surface area (Å²) in [7, 11) is 1.42. The lowest BCUT2D eigenvalue weighted by molar-refractivity contribution is -0.274. The normalized spacial score (nSPS) is 16.0. The van der Waals surface area contributed by atoms with Gasteiger partial charge < -0.3 is 19.8 Å². The predicted octanol–water partition coefficient (Wildman–Crippen LogP) is 5.54. The Kier molecular flexibility index (Phi) is 6.96. The SMILES string of the molecule is CC(c1ccc(-c2ccc(CC(=O)O)cc2)cc1Cl)C(O)(c1ccc2c(c1)N(C)C(=O)CO2)C(F)(F)F. The maximum atomic E-state index is 14.5. The molecule has 0 saturated heterocycles. The van der Waals surface area contributed by atoms with E-state index >= 15 is 0 Å². The molecule has 2 unspecified atom stereocenters. The van der Waals surface area contributed by atoms with Gasteiger partial charge in [0.25, 0.3) is 5.91 Å². The van der Waals surface area contributed by atoms with Crippen molar-refractivity contribution in [1.29, 1.82) is 0 Å². The lowest BCUT2D eigenvalue weighted by Gasteiger charge is -2.38. The van der Waals surface area contributed by atoms with E-state index in [9.17, 15) is 27.9 Å². The number of benzene rings is 3. The summed E-state index contributed by atoms with van der Waals surface area (Å²) < 4.78 is 48.8. The molecule has 0 aromatic heterocycles. The van der Waals surface area contributed by atoms with E-state index in [4.69, 9.17) is 21.4 Å². The minimum Gasteiger partial charge on any atom is -0.482 e. The Morgan fingerprint density at radius 2 is 1.73 bits per heavy atom. The third-order valence-electron chi connectivity index (χ3n) is 6.65. The van der Waals surface area contributed by atoms with Gasteiger partial charge >= 0.3 is 12.1 Å². The van der Waals surface area contributed by atoms with Crippen molar-refractivity contribution in [3.63, 3.8) is 0 Å². The minimum atomic E-state index is -5.08. The van der Waals surface area contributed by atoms with Crippen molar-refractivity contribution in [2.24, 2.45) is 0 Å². The molecule has 1 aliphatic rings. The van der Waals surface area contributed by atoms with E-state index in [1.54, 1.807) is 30.3 Å². The molecule has 4 rings (SSSR count). The fourth-order valence-electron chi connectivity index (χ4n) is 4.44. The number of amides is 1. The summed E-state index contributed by atoms with van der Waals surface area (Å²) in [5, 5.41) is 20.2. The van der Waals surface area contributed by atoms with Crippen LogP contribution < -0.4 is 9.64 Å². The molecule has 10 heteroatoms. The van der Waals surface area contributed by atoms with Crippen LogP contribution in [0, 0.1) is 0 Å². The Bertz CT molecular complexity index is 1360. The Balaban J connectivity index is 1.72. The van der Waals surface area contributed by atoms with E-state index in [0.29, 0.717) is 16.7 Å². The van der Waals surface area contributed by atoms with Crippen LogP contribution in [0.1, 0.15) is 29.5 Å². The molecule has 2 atom stereocenters. The zero-order chi connectivity index (χ0) is 27.1. The molecule has 37 heavy (non-hydrogen) atoms. The Morgan fingerprint density at radius 1 is 1.08 bits per heavy atom. The molecule has 3 aromatic rings. The van der Waals surface area contributed by atoms with Crippen molar-refractivity contribution in [3.05, 3.63) is 82.4 Å². The molecule has 0 spiro atoms. The van der Waals surface area contributed by atoms with Gasteiger partial charge in [0.15, 0.2) is 12.2 Å². The van der Waals surface area contributed by atoms with E-state index in [1.165, 1.54) is 37.1 Å². The Labute approximate surface area is 215 Å². The smallest absolute Gasteiger partial charge is 0.422 e. The fraction of sp³-hybridized carbons (Fsp3) is 0.259. The highest BCUT2D eigenvalue weighted by Gasteiger charge is 2.59. The molecule has 0 bridgehead atoms. The number of carbonyl (C=O) groups excluding carboxylic acids is 1. The average Bonchev–Trinajstić information content (AvgIpc) is 2.84. The number of anilines is 1. The van der Waals surface area contributed by atoms with Gasteiger partial charge in [-0.1, -0.05) is 61.0 Å². The molecule has 0 aliphatic carbocycles. The van der Waals surface area contributed by atoms with Gasteiger partial charge in [-0.05, 0) is 46.0 Å². The number of ether oxygens (including phenoxy) is 1. The van der Waals surface area contributed by atoms with Gasteiger partial charge in [-0.3, -0.25) is 9.59 Å². The summed E-state index contributed by atoms with van der Waals surface area (Å²) in [6, 6.07) is 14.8. The first-order chi connectivity index (χ1) is 17.3. The maximum Gasteiger partial charge on any atom is 0.422 e. The molecule has 0 saturated carbocycles. The summed E-state index contributed by atoms with van der Waals surface area (Å²) in [5.74, 6) is -2.67. The van der Waals surface area contributed by atoms with Crippen LogP contribution >= 0.6 is 11.6 Å². The first kappa shape index (κ1) is 26.5. The number of nitrogens with zero attached hydrogens (tertiary/aromatic N) is 1. The largest absolute Gasteiger partial charge is 0.482 e. The van der Waals surface area contributed by atoms with Gasteiger partial charge in [-0.25, -0.2) is 0 Å². The lowest BCUT2D eigenvalue weighted by Crippen LogP contribution is -2.47. The van der Waals surface area contributed by atoms with Gasteiger partial charge in [-0.15, -0.1) is 0 Å². The van der Waals surface area contributed by atoms with E-state index in [-0.39, 0.29) is 35.1 Å². The van der Waals surface area contributed by atoms with E-state index in [2.05, 4.69) is 0 Å². The second kappa shape index (κ2) is 9.72. The number of hydrogen-bond donors (Lipinski definition) is 2. The van der Waals surface area contributed by atoms with Crippen LogP contribution in [0.4, 0.5) is 18.9 Å². The van der Waals surface area contributed by atoms with E-state index in [0.717, 1.165) is 12.1 Å². The highest BCUT2D eigenvalue weighted by molar-refractivity contribution is 6.31. The molecular formula is C27H23ClF3NO5. The minimum absolute atomic E-state index is 0.0240. The van der Waals surface area contributed by atoms with Crippen molar-refractivity contribution in [2.75, 3.05) is 18.6 Å². The molecule has 0 radical (unpaired) electrons. The van der Waals surface area contributed by atoms with Crippen LogP contribution in [-0.2, 0) is 21.6 Å². The van der Waals surface area contributed by atoms with Crippen molar-refractivity contribution in [3.8, 4) is 16.9 Å². The molecule has 3 aromatic carbocycles. The topological polar surface area (TPSA) is 87.1 Å². The summed E-state index contributed by atoms with van der Waals surface area (Å²) in [5.41, 5.74) is -1.67. The van der Waals surface area contributed by atoms with Crippen LogP contribution in [-0.4, -0.2) is 41.9 Å². The molecule has 0 fully saturated rings. The van der Waals surface area contributed by atoms with E-state index in [1.807, 2.05) is 0 Å². The number of rotatable bonds is 6. The van der Waals surface area contributed by atoms with Gasteiger partial charge in [0.05, 0.1) is 12.1 Å². The molecule has 2 N–H and O–H groups in total. The standard InChI is InChI=1S/C27H23ClF3NO5/c1-15(20-9-7-18(12-21(20)28)17-5-3-16(4-6-17)11-25(34)35)26(36,27(29,30)31)19-8-10-23-22(13-19)32(2)24(33)14-37-23/h3-10,12-13,15,36H,11,14H2,1-2H3,(H,34,35). The summed E-state index contributed by atoms with van der Waals surface area (Å²) in [6.45, 7) is 1.01. The van der Waals surface area contributed by atoms with Gasteiger partial charge in [0, 0.05) is 18.0 Å². The predicted molar refractivity (Wildman–Crippen MR) is 132 cm³/mol. The van der Waals surface area contributed by atoms with Gasteiger partial charge in [-0.2, -0.15) is 13.2 Å². The van der Waals surface area contributed by atoms with Crippen LogP contribution in [0.5, 0.6) is 5.75 Å². The Morgan fingerprint density at radius 3 is 2.32 bits per heavy atom. The average molecular weight is 534 g/mol. The maximum absolute atomic E-state index is 14.5. The Hall–Kier alpha value is -3.56. The number of fused-ring (bicyclic) bond motifs is 1. The molecule has 1 amide bonds. The van der Waals surface area contributed by atoms with Crippen LogP contribution in [0.2, 0.25) is 5.02 Å². The van der Waals surface area contributed by atoms with Crippen molar-refractivity contribution < 1.29 is 37.7 Å². The third kappa shape index (κ3) is 4.89. The number of hydrogen-bond acceptors (Lipinski definition) is 4. The number of carboxylic acid groups (broad SMARTS) is 1. The number of carbonyl (C=O) groups is 2. The zero-order valence-electron chi connectivity index (χ0n) is 19.8. The fourth-order valence-corrected chi connectivity index (χ4v) is 4.79. The summed E-state index contributed by atoms with van der Waals surface area (Å²) in [4.78, 5) is 24.1. The first-order valence-electron chi connectivity index (χ1n) is 11.3. The highest BCUT2D eigenvalue weighted by atomic mass is 35.5. The van der Waals surface area contributed by atoms with Crippen molar-refractivity contribution in [1.82, 2.24) is 0 Å². The molecule has 1 aliphatic heterocycles. The molecule has 6 nitrogen and oxygen atoms in total. The number of alkyl halides is 3. The number of aliphatic hydroxyl groups is 1. The molecule has 194 valence electrons. The lowest BCUT2D eigenvalue weighted by atomic mass is 9.77. The number of aliphatic carboxylic acids is 1. The van der Waals surface area contributed by atoms with Crippen molar-refractivity contribution >= 4 is 29.2 Å². The summed E-state index contributed by atoms with van der Waals surface area (Å²) >= 11 is 6.45. The van der Waals surface area contributed by atoms with Crippen molar-refractivity contribution in [2.45, 2.75) is 31.0 Å².